The summed E-state index contributed by atoms with van der Waals surface area (Å²) >= 11 is 1.16. The number of thioether (sulfide) groups is 1. The molecule has 0 spiro atoms. The summed E-state index contributed by atoms with van der Waals surface area (Å²) in [5.74, 6) is -0.964. The number of nitrogens with one attached hydrogen (secondary N) is 1. The minimum Gasteiger partial charge on any atom is -0.352 e. The van der Waals surface area contributed by atoms with Crippen molar-refractivity contribution in [1.82, 2.24) is 15.1 Å². The summed E-state index contributed by atoms with van der Waals surface area (Å²) in [6, 6.07) is -0.394. The number of hydrogen-bond acceptors (Lipinski definition) is 5. The molecule has 5 amide bonds. The lowest BCUT2D eigenvalue weighted by Gasteiger charge is -2.18. The molecule has 3 rings (SSSR count). The second kappa shape index (κ2) is 6.99. The van der Waals surface area contributed by atoms with E-state index in [4.69, 9.17) is 0 Å². The standard InChI is InChI=1S/C16H20N4O4S/c1-18-14(23)10-9-11(25-15(10)19(2)16(18)24)13(22)17-6-4-8-20-7-3-5-12(20)21/h9-10H,3-8H2,1-2H3/p+1. The number of amides is 5. The molecule has 1 saturated heterocycles. The van der Waals surface area contributed by atoms with E-state index in [1.165, 1.54) is 11.6 Å². The Morgan fingerprint density at radius 2 is 2.16 bits per heavy atom. The van der Waals surface area contributed by atoms with Crippen molar-refractivity contribution in [3.63, 3.8) is 0 Å². The maximum absolute atomic E-state index is 12.3. The normalized spacial score (nSPS) is 23.4. The highest BCUT2D eigenvalue weighted by molar-refractivity contribution is 8.18. The van der Waals surface area contributed by atoms with E-state index in [0.29, 0.717) is 35.9 Å². The Morgan fingerprint density at radius 3 is 2.84 bits per heavy atom. The van der Waals surface area contributed by atoms with Crippen LogP contribution in [0.5, 0.6) is 0 Å². The first kappa shape index (κ1) is 17.7. The zero-order valence-corrected chi connectivity index (χ0v) is 15.1. The van der Waals surface area contributed by atoms with Crippen LogP contribution in [0, 0.1) is 5.92 Å². The Kier molecular flexibility index (Phi) is 4.94. The van der Waals surface area contributed by atoms with Gasteiger partial charge in [-0.05, 0) is 30.7 Å². The number of hydrogen-bond donors (Lipinski definition) is 1. The molecule has 1 N–H and O–H groups in total. The van der Waals surface area contributed by atoms with E-state index >= 15 is 0 Å². The Labute approximate surface area is 149 Å². The van der Waals surface area contributed by atoms with Gasteiger partial charge in [0.25, 0.3) is 5.91 Å². The molecule has 0 aromatic heterocycles. The fraction of sp³-hybridized carbons (Fsp3) is 0.562. The van der Waals surface area contributed by atoms with Crippen molar-refractivity contribution in [2.75, 3.05) is 33.7 Å². The van der Waals surface area contributed by atoms with Crippen molar-refractivity contribution < 1.29 is 23.8 Å². The molecule has 0 aliphatic carbocycles. The highest BCUT2D eigenvalue weighted by Crippen LogP contribution is 2.35. The second-order valence-electron chi connectivity index (χ2n) is 6.28. The van der Waals surface area contributed by atoms with Crippen molar-refractivity contribution in [1.29, 1.82) is 0 Å². The van der Waals surface area contributed by atoms with Gasteiger partial charge >= 0.3 is 11.9 Å². The van der Waals surface area contributed by atoms with Crippen LogP contribution in [0.25, 0.3) is 0 Å². The molecule has 134 valence electrons. The van der Waals surface area contributed by atoms with E-state index in [-0.39, 0.29) is 17.7 Å². The van der Waals surface area contributed by atoms with Crippen molar-refractivity contribution >= 4 is 40.6 Å². The number of urea groups is 1. The van der Waals surface area contributed by atoms with Crippen molar-refractivity contribution in [2.24, 2.45) is 5.92 Å². The van der Waals surface area contributed by atoms with Gasteiger partial charge in [-0.15, -0.1) is 0 Å². The first-order chi connectivity index (χ1) is 11.9. The van der Waals surface area contributed by atoms with Gasteiger partial charge in [-0.1, -0.05) is 0 Å². The van der Waals surface area contributed by atoms with Crippen LogP contribution >= 0.6 is 11.8 Å². The van der Waals surface area contributed by atoms with Gasteiger partial charge in [0.2, 0.25) is 5.91 Å². The van der Waals surface area contributed by atoms with Gasteiger partial charge in [0.1, 0.15) is 5.92 Å². The predicted molar refractivity (Wildman–Crippen MR) is 92.0 cm³/mol. The lowest BCUT2D eigenvalue weighted by atomic mass is 10.1. The molecule has 0 aromatic carbocycles. The molecule has 9 heteroatoms. The second-order valence-corrected chi connectivity index (χ2v) is 7.34. The van der Waals surface area contributed by atoms with E-state index in [1.54, 1.807) is 13.1 Å². The monoisotopic (exact) mass is 365 g/mol. The third kappa shape index (κ3) is 3.33. The zero-order chi connectivity index (χ0) is 18.1. The van der Waals surface area contributed by atoms with Crippen LogP contribution in [0.15, 0.2) is 11.0 Å². The summed E-state index contributed by atoms with van der Waals surface area (Å²) in [4.78, 5) is 51.3. The average Bonchev–Trinajstić information content (AvgIpc) is 3.21. The molecule has 0 bridgehead atoms. The van der Waals surface area contributed by atoms with E-state index in [2.05, 4.69) is 5.32 Å². The quantitative estimate of drug-likeness (QED) is 0.547. The molecule has 8 nitrogen and oxygen atoms in total. The van der Waals surface area contributed by atoms with Gasteiger partial charge in [0.15, 0.2) is 5.04 Å². The number of carbonyl (C=O) groups is 4. The van der Waals surface area contributed by atoms with Crippen LogP contribution in [-0.4, -0.2) is 76.9 Å². The minimum absolute atomic E-state index is 0.177. The SMILES string of the molecule is CN1C(=O)C2C=C(C(=O)NCCCN3CCCC3=O)SC2=[N+](C)C1=O. The molecular formula is C16H21N4O4S+. The smallest absolute Gasteiger partial charge is 0.352 e. The van der Waals surface area contributed by atoms with E-state index in [9.17, 15) is 19.2 Å². The molecule has 3 heterocycles. The molecular weight excluding hydrogens is 344 g/mol. The molecule has 0 radical (unpaired) electrons. The van der Waals surface area contributed by atoms with Crippen LogP contribution in [0.2, 0.25) is 0 Å². The highest BCUT2D eigenvalue weighted by Gasteiger charge is 2.48. The first-order valence-corrected chi connectivity index (χ1v) is 9.09. The van der Waals surface area contributed by atoms with Gasteiger partial charge in [0.05, 0.1) is 19.0 Å². The topological polar surface area (TPSA) is 89.8 Å². The average molecular weight is 365 g/mol. The summed E-state index contributed by atoms with van der Waals surface area (Å²) in [6.07, 6.45) is 3.82. The predicted octanol–water partition coefficient (Wildman–Crippen LogP) is -0.00520. The molecule has 3 aliphatic rings. The molecule has 3 aliphatic heterocycles. The number of fused-ring (bicyclic) bond motifs is 1. The zero-order valence-electron chi connectivity index (χ0n) is 14.3. The first-order valence-electron chi connectivity index (χ1n) is 8.28. The fourth-order valence-corrected chi connectivity index (χ4v) is 4.24. The van der Waals surface area contributed by atoms with Gasteiger partial charge < -0.3 is 10.2 Å². The van der Waals surface area contributed by atoms with Crippen molar-refractivity contribution in [3.8, 4) is 0 Å². The minimum atomic E-state index is -0.569. The molecule has 0 saturated carbocycles. The molecule has 1 unspecified atom stereocenters. The van der Waals surface area contributed by atoms with Crippen LogP contribution in [0.4, 0.5) is 4.79 Å². The number of rotatable bonds is 5. The van der Waals surface area contributed by atoms with E-state index < -0.39 is 11.9 Å². The third-order valence-corrected chi connectivity index (χ3v) is 5.86. The summed E-state index contributed by atoms with van der Waals surface area (Å²) < 4.78 is 1.41. The Bertz CT molecular complexity index is 715. The highest BCUT2D eigenvalue weighted by atomic mass is 32.2. The fourth-order valence-electron chi connectivity index (χ4n) is 3.13. The maximum Gasteiger partial charge on any atom is 0.500 e. The number of imide groups is 1. The van der Waals surface area contributed by atoms with E-state index in [1.807, 2.05) is 4.90 Å². The van der Waals surface area contributed by atoms with Gasteiger partial charge in [-0.25, -0.2) is 4.79 Å². The number of nitrogens with zero attached hydrogens (tertiary/aromatic N) is 3. The lowest BCUT2D eigenvalue weighted by Crippen LogP contribution is -2.49. The van der Waals surface area contributed by atoms with Crippen LogP contribution in [0.1, 0.15) is 19.3 Å². The summed E-state index contributed by atoms with van der Waals surface area (Å²) in [6.45, 7) is 1.90. The van der Waals surface area contributed by atoms with Gasteiger partial charge in [-0.3, -0.25) is 9.59 Å². The Morgan fingerprint density at radius 1 is 1.40 bits per heavy atom. The summed E-state index contributed by atoms with van der Waals surface area (Å²) in [5.41, 5.74) is 0. The maximum atomic E-state index is 12.3. The molecule has 1 atom stereocenters. The van der Waals surface area contributed by atoms with Crippen LogP contribution in [-0.2, 0) is 14.4 Å². The molecule has 1 fully saturated rings. The van der Waals surface area contributed by atoms with Crippen LogP contribution < -0.4 is 5.32 Å². The van der Waals surface area contributed by atoms with Crippen molar-refractivity contribution in [3.05, 3.63) is 11.0 Å². The largest absolute Gasteiger partial charge is 0.500 e. The van der Waals surface area contributed by atoms with Crippen LogP contribution in [0.3, 0.4) is 0 Å². The number of likely N-dealkylation sites (tertiary alicyclic amines) is 1. The van der Waals surface area contributed by atoms with E-state index in [0.717, 1.165) is 29.6 Å². The van der Waals surface area contributed by atoms with Crippen molar-refractivity contribution in [2.45, 2.75) is 19.3 Å². The lowest BCUT2D eigenvalue weighted by molar-refractivity contribution is -0.403. The van der Waals surface area contributed by atoms with Gasteiger partial charge in [-0.2, -0.15) is 14.3 Å². The number of carbonyl (C=O) groups excluding carboxylic acids is 4. The Balaban J connectivity index is 1.54. The third-order valence-electron chi connectivity index (χ3n) is 4.59. The van der Waals surface area contributed by atoms with Gasteiger partial charge in [0, 0.05) is 26.1 Å². The Hall–Kier alpha value is -2.16. The molecule has 25 heavy (non-hydrogen) atoms. The summed E-state index contributed by atoms with van der Waals surface area (Å²) in [5, 5.41) is 3.39. The summed E-state index contributed by atoms with van der Waals surface area (Å²) in [7, 11) is 3.04. The molecule has 0 aromatic rings.